The minimum atomic E-state index is -0.630. The summed E-state index contributed by atoms with van der Waals surface area (Å²) in [7, 11) is 0. The van der Waals surface area contributed by atoms with E-state index in [0.29, 0.717) is 21.7 Å². The Kier molecular flexibility index (Phi) is 7.42. The quantitative estimate of drug-likeness (QED) is 0.171. The molecule has 0 radical (unpaired) electrons. The van der Waals surface area contributed by atoms with Gasteiger partial charge in [-0.15, -0.1) is 0 Å². The number of carbonyl (C=O) groups excluding carboxylic acids is 1. The molecule has 0 amide bonds. The third kappa shape index (κ3) is 5.54. The molecule has 0 aromatic carbocycles. The van der Waals surface area contributed by atoms with Gasteiger partial charge in [0.15, 0.2) is 5.82 Å². The highest BCUT2D eigenvalue weighted by molar-refractivity contribution is 7.21. The van der Waals surface area contributed by atoms with Crippen LogP contribution in [0.5, 0.6) is 0 Å². The molecular formula is C18H13ClN6O6S2. The van der Waals surface area contributed by atoms with Gasteiger partial charge in [-0.1, -0.05) is 17.7 Å². The summed E-state index contributed by atoms with van der Waals surface area (Å²) in [6, 6.07) is 7.84. The number of nitrogens with two attached hydrogens (primary N) is 1. The van der Waals surface area contributed by atoms with Crippen molar-refractivity contribution in [3.63, 3.8) is 0 Å². The Hall–Kier alpha value is -3.75. The van der Waals surface area contributed by atoms with E-state index in [9.17, 15) is 25.0 Å². The number of nitrogens with zero attached hydrogens (tertiary/aromatic N) is 5. The number of esters is 1. The molecule has 0 atom stereocenters. The monoisotopic (exact) mass is 508 g/mol. The van der Waals surface area contributed by atoms with Crippen molar-refractivity contribution >= 4 is 65.5 Å². The first kappa shape index (κ1) is 23.9. The number of halogens is 1. The molecule has 170 valence electrons. The number of fused-ring (bicyclic) bond motifs is 1. The van der Waals surface area contributed by atoms with Crippen LogP contribution in [0.2, 0.25) is 5.15 Å². The van der Waals surface area contributed by atoms with Crippen LogP contribution in [0.25, 0.3) is 21.7 Å². The molecule has 4 aromatic rings. The number of pyridine rings is 1. The van der Waals surface area contributed by atoms with E-state index < -0.39 is 15.8 Å². The maximum absolute atomic E-state index is 11.2. The van der Waals surface area contributed by atoms with Crippen LogP contribution >= 0.6 is 34.3 Å². The number of nitro groups is 2. The van der Waals surface area contributed by atoms with Crippen molar-refractivity contribution in [1.82, 2.24) is 15.0 Å². The van der Waals surface area contributed by atoms with Crippen LogP contribution in [0.15, 0.2) is 36.5 Å². The fourth-order valence-corrected chi connectivity index (χ4v) is 4.28. The molecule has 0 aliphatic rings. The zero-order chi connectivity index (χ0) is 24.1. The number of rotatable bonds is 5. The van der Waals surface area contributed by atoms with Crippen LogP contribution in [0.1, 0.15) is 17.3 Å². The third-order valence-corrected chi connectivity index (χ3v) is 6.01. The van der Waals surface area contributed by atoms with Gasteiger partial charge >= 0.3 is 16.0 Å². The molecule has 0 aliphatic carbocycles. The van der Waals surface area contributed by atoms with Gasteiger partial charge in [0.2, 0.25) is 0 Å². The number of aromatic nitrogens is 3. The molecule has 0 aliphatic heterocycles. The SMILES string of the molecule is CCOC(=O)c1cc([N+](=O)[O-])sc1N.O=[N+]([O-])c1cc2c(Cl)nc(-c3ccccn3)nc2s1. The first-order valence-electron chi connectivity index (χ1n) is 8.95. The van der Waals surface area contributed by atoms with E-state index in [4.69, 9.17) is 17.3 Å². The van der Waals surface area contributed by atoms with Crippen molar-refractivity contribution in [3.05, 3.63) is 67.5 Å². The normalized spacial score (nSPS) is 10.4. The summed E-state index contributed by atoms with van der Waals surface area (Å²) in [6.07, 6.45) is 1.62. The van der Waals surface area contributed by atoms with Gasteiger partial charge in [0.25, 0.3) is 0 Å². The Morgan fingerprint density at radius 3 is 2.42 bits per heavy atom. The lowest BCUT2D eigenvalue weighted by Gasteiger charge is -1.99. The van der Waals surface area contributed by atoms with Crippen LogP contribution in [0.4, 0.5) is 15.0 Å². The summed E-state index contributed by atoms with van der Waals surface area (Å²) in [5.74, 6) is -0.274. The van der Waals surface area contributed by atoms with E-state index in [0.717, 1.165) is 28.7 Å². The molecule has 0 unspecified atom stereocenters. The minimum Gasteiger partial charge on any atom is -0.462 e. The molecular weight excluding hydrogens is 496 g/mol. The number of hydrogen-bond acceptors (Lipinski definition) is 12. The number of anilines is 1. The van der Waals surface area contributed by atoms with Crippen molar-refractivity contribution in [2.24, 2.45) is 0 Å². The molecule has 4 heterocycles. The van der Waals surface area contributed by atoms with Crippen molar-refractivity contribution in [2.75, 3.05) is 12.3 Å². The van der Waals surface area contributed by atoms with Gasteiger partial charge in [-0.2, -0.15) is 0 Å². The topological polar surface area (TPSA) is 177 Å². The van der Waals surface area contributed by atoms with E-state index in [1.165, 1.54) is 6.07 Å². The Morgan fingerprint density at radius 2 is 1.85 bits per heavy atom. The number of hydrogen-bond donors (Lipinski definition) is 1. The Bertz CT molecular complexity index is 1340. The lowest BCUT2D eigenvalue weighted by molar-refractivity contribution is -0.380. The van der Waals surface area contributed by atoms with Crippen LogP contribution in [0, 0.1) is 20.2 Å². The average Bonchev–Trinajstić information content (AvgIpc) is 3.39. The molecule has 33 heavy (non-hydrogen) atoms. The summed E-state index contributed by atoms with van der Waals surface area (Å²) in [6.45, 7) is 1.86. The highest BCUT2D eigenvalue weighted by Gasteiger charge is 2.20. The Balaban J connectivity index is 0.000000196. The predicted molar refractivity (Wildman–Crippen MR) is 124 cm³/mol. The number of carbonyl (C=O) groups is 1. The van der Waals surface area contributed by atoms with Crippen LogP contribution in [0.3, 0.4) is 0 Å². The van der Waals surface area contributed by atoms with Crippen molar-refractivity contribution in [1.29, 1.82) is 0 Å². The van der Waals surface area contributed by atoms with Crippen LogP contribution in [-0.4, -0.2) is 37.4 Å². The van der Waals surface area contributed by atoms with E-state index in [-0.39, 0.29) is 32.3 Å². The second-order valence-electron chi connectivity index (χ2n) is 5.95. The van der Waals surface area contributed by atoms with Gasteiger partial charge < -0.3 is 10.5 Å². The second kappa shape index (κ2) is 10.2. The van der Waals surface area contributed by atoms with E-state index in [1.807, 2.05) is 0 Å². The average molecular weight is 509 g/mol. The third-order valence-electron chi connectivity index (χ3n) is 3.83. The molecule has 15 heteroatoms. The first-order chi connectivity index (χ1) is 15.7. The number of ether oxygens (including phenoxy) is 1. The molecule has 0 spiro atoms. The van der Waals surface area contributed by atoms with E-state index in [1.54, 1.807) is 31.3 Å². The highest BCUT2D eigenvalue weighted by Crippen LogP contribution is 2.34. The maximum atomic E-state index is 11.2. The van der Waals surface area contributed by atoms with Gasteiger partial charge in [-0.05, 0) is 41.7 Å². The molecule has 4 rings (SSSR count). The molecule has 0 saturated carbocycles. The standard InChI is InChI=1S/C11H5ClN4O2S.C7H8N2O4S/c12-9-6-5-8(16(17)18)19-11(6)15-10(14-9)7-3-1-2-4-13-7;1-2-13-7(10)4-3-5(9(11)12)14-6(4)8/h1-5H;3H,2,8H2,1H3. The fraction of sp³-hybridized carbons (Fsp3) is 0.111. The molecule has 0 saturated heterocycles. The van der Waals surface area contributed by atoms with E-state index in [2.05, 4.69) is 19.7 Å². The van der Waals surface area contributed by atoms with Crippen molar-refractivity contribution in [3.8, 4) is 11.5 Å². The largest absolute Gasteiger partial charge is 0.462 e. The molecule has 0 bridgehead atoms. The number of nitrogen functional groups attached to an aromatic ring is 1. The summed E-state index contributed by atoms with van der Waals surface area (Å²) >= 11 is 7.76. The summed E-state index contributed by atoms with van der Waals surface area (Å²) in [5.41, 5.74) is 6.05. The predicted octanol–water partition coefficient (Wildman–Crippen LogP) is 4.73. The lowest BCUT2D eigenvalue weighted by Crippen LogP contribution is -2.05. The number of thiophene rings is 2. The van der Waals surface area contributed by atoms with Crippen molar-refractivity contribution < 1.29 is 19.4 Å². The molecule has 2 N–H and O–H groups in total. The minimum absolute atomic E-state index is 0.00984. The van der Waals surface area contributed by atoms with Gasteiger partial charge in [0, 0.05) is 18.3 Å². The zero-order valence-electron chi connectivity index (χ0n) is 16.6. The van der Waals surface area contributed by atoms with Crippen molar-refractivity contribution in [2.45, 2.75) is 6.92 Å². The van der Waals surface area contributed by atoms with E-state index >= 15 is 0 Å². The van der Waals surface area contributed by atoms with Gasteiger partial charge in [-0.3, -0.25) is 25.2 Å². The Morgan fingerprint density at radius 1 is 1.15 bits per heavy atom. The maximum Gasteiger partial charge on any atom is 0.341 e. The van der Waals surface area contributed by atoms with Crippen LogP contribution < -0.4 is 5.73 Å². The smallest absolute Gasteiger partial charge is 0.341 e. The summed E-state index contributed by atoms with van der Waals surface area (Å²) in [4.78, 5) is 44.2. The molecule has 12 nitrogen and oxygen atoms in total. The first-order valence-corrected chi connectivity index (χ1v) is 11.0. The Labute approximate surface area is 197 Å². The molecule has 0 fully saturated rings. The van der Waals surface area contributed by atoms with Gasteiger partial charge in [0.05, 0.1) is 21.8 Å². The van der Waals surface area contributed by atoms with Gasteiger partial charge in [-0.25, -0.2) is 14.8 Å². The second-order valence-corrected chi connectivity index (χ2v) is 8.38. The fourth-order valence-electron chi connectivity index (χ4n) is 2.42. The zero-order valence-corrected chi connectivity index (χ0v) is 19.0. The highest BCUT2D eigenvalue weighted by atomic mass is 35.5. The van der Waals surface area contributed by atoms with Gasteiger partial charge in [0.1, 0.15) is 26.2 Å². The molecule has 4 aromatic heterocycles. The van der Waals surface area contributed by atoms with Crippen LogP contribution in [-0.2, 0) is 4.74 Å². The summed E-state index contributed by atoms with van der Waals surface area (Å²) in [5, 5.41) is 21.7. The lowest BCUT2D eigenvalue weighted by atomic mass is 10.3. The summed E-state index contributed by atoms with van der Waals surface area (Å²) < 4.78 is 4.67.